The van der Waals surface area contributed by atoms with Gasteiger partial charge >= 0.3 is 0 Å². The molecular formula is C14H13Cl2FN2O. The van der Waals surface area contributed by atoms with Crippen molar-refractivity contribution in [2.45, 2.75) is 19.8 Å². The van der Waals surface area contributed by atoms with Gasteiger partial charge in [0.2, 0.25) is 0 Å². The van der Waals surface area contributed by atoms with E-state index < -0.39 is 5.82 Å². The number of benzene rings is 1. The van der Waals surface area contributed by atoms with Crippen LogP contribution in [0.2, 0.25) is 10.2 Å². The first-order valence-corrected chi connectivity index (χ1v) is 6.78. The van der Waals surface area contributed by atoms with E-state index in [4.69, 9.17) is 23.2 Å². The third-order valence-electron chi connectivity index (χ3n) is 3.06. The number of Topliss-reactive ketones (excluding diaryl/α,β-unsaturated/α-hetero) is 1. The monoisotopic (exact) mass is 314 g/mol. The predicted molar refractivity (Wildman–Crippen MR) is 76.8 cm³/mol. The quantitative estimate of drug-likeness (QED) is 0.865. The van der Waals surface area contributed by atoms with Crippen LogP contribution in [0.4, 0.5) is 4.39 Å². The van der Waals surface area contributed by atoms with Crippen molar-refractivity contribution in [3.05, 3.63) is 51.0 Å². The van der Waals surface area contributed by atoms with Crippen LogP contribution in [0.3, 0.4) is 0 Å². The minimum absolute atomic E-state index is 0.0168. The molecule has 0 aliphatic rings. The van der Waals surface area contributed by atoms with Crippen molar-refractivity contribution in [1.82, 2.24) is 9.78 Å². The molecule has 0 aliphatic heterocycles. The standard InChI is InChI=1S/C14H13Cl2FN2O/c1-8-11(14(16)19(2)18-8)7-10(20)6-9-4-3-5-12(15)13(9)17/h3-5H,6-7H2,1-2H3. The molecule has 1 aromatic carbocycles. The van der Waals surface area contributed by atoms with Gasteiger partial charge in [-0.2, -0.15) is 5.10 Å². The van der Waals surface area contributed by atoms with Crippen molar-refractivity contribution in [2.24, 2.45) is 7.05 Å². The molecule has 1 heterocycles. The van der Waals surface area contributed by atoms with Crippen LogP contribution in [0.5, 0.6) is 0 Å². The maximum absolute atomic E-state index is 13.7. The van der Waals surface area contributed by atoms with Gasteiger partial charge in [-0.25, -0.2) is 4.39 Å². The maximum atomic E-state index is 13.7. The molecule has 2 rings (SSSR count). The van der Waals surface area contributed by atoms with E-state index in [-0.39, 0.29) is 23.6 Å². The number of carbonyl (C=O) groups is 1. The van der Waals surface area contributed by atoms with Crippen molar-refractivity contribution in [1.29, 1.82) is 0 Å². The summed E-state index contributed by atoms with van der Waals surface area (Å²) in [4.78, 5) is 12.1. The van der Waals surface area contributed by atoms with E-state index in [0.29, 0.717) is 22.0 Å². The first-order valence-electron chi connectivity index (χ1n) is 6.02. The average molecular weight is 315 g/mol. The fraction of sp³-hybridized carbons (Fsp3) is 0.286. The fourth-order valence-electron chi connectivity index (χ4n) is 2.03. The second kappa shape index (κ2) is 5.94. The minimum Gasteiger partial charge on any atom is -0.299 e. The van der Waals surface area contributed by atoms with Crippen molar-refractivity contribution in [2.75, 3.05) is 0 Å². The third-order valence-corrected chi connectivity index (χ3v) is 3.83. The molecule has 0 bridgehead atoms. The molecule has 1 aromatic heterocycles. The van der Waals surface area contributed by atoms with Crippen molar-refractivity contribution >= 4 is 29.0 Å². The highest BCUT2D eigenvalue weighted by Gasteiger charge is 2.17. The highest BCUT2D eigenvalue weighted by Crippen LogP contribution is 2.22. The number of hydrogen-bond donors (Lipinski definition) is 0. The molecule has 0 unspecified atom stereocenters. The normalized spacial score (nSPS) is 10.8. The van der Waals surface area contributed by atoms with Gasteiger partial charge in [0.15, 0.2) is 0 Å². The van der Waals surface area contributed by atoms with Crippen LogP contribution >= 0.6 is 23.2 Å². The molecule has 0 aliphatic carbocycles. The average Bonchev–Trinajstić information content (AvgIpc) is 2.62. The van der Waals surface area contributed by atoms with Gasteiger partial charge in [0, 0.05) is 25.5 Å². The molecular weight excluding hydrogens is 302 g/mol. The van der Waals surface area contributed by atoms with E-state index in [0.717, 1.165) is 0 Å². The molecule has 0 fully saturated rings. The number of hydrogen-bond acceptors (Lipinski definition) is 2. The number of aryl methyl sites for hydroxylation is 2. The molecule has 0 atom stereocenters. The Hall–Kier alpha value is -1.39. The molecule has 3 nitrogen and oxygen atoms in total. The van der Waals surface area contributed by atoms with E-state index in [2.05, 4.69) is 5.10 Å². The molecule has 106 valence electrons. The highest BCUT2D eigenvalue weighted by atomic mass is 35.5. The summed E-state index contributed by atoms with van der Waals surface area (Å²) < 4.78 is 15.3. The molecule has 0 saturated heterocycles. The largest absolute Gasteiger partial charge is 0.299 e. The van der Waals surface area contributed by atoms with Gasteiger partial charge in [-0.3, -0.25) is 9.48 Å². The summed E-state index contributed by atoms with van der Waals surface area (Å²) in [6.07, 6.45) is 0.113. The van der Waals surface area contributed by atoms with Gasteiger partial charge in [-0.05, 0) is 18.6 Å². The number of rotatable bonds is 4. The summed E-state index contributed by atoms with van der Waals surface area (Å²) in [5, 5.41) is 4.59. The highest BCUT2D eigenvalue weighted by molar-refractivity contribution is 6.31. The SMILES string of the molecule is Cc1nn(C)c(Cl)c1CC(=O)Cc1cccc(Cl)c1F. The van der Waals surface area contributed by atoms with Crippen LogP contribution < -0.4 is 0 Å². The number of aromatic nitrogens is 2. The summed E-state index contributed by atoms with van der Waals surface area (Å²) in [7, 11) is 1.71. The van der Waals surface area contributed by atoms with E-state index in [1.54, 1.807) is 26.1 Å². The summed E-state index contributed by atoms with van der Waals surface area (Å²) in [6.45, 7) is 1.79. The Morgan fingerprint density at radius 3 is 2.65 bits per heavy atom. The Morgan fingerprint density at radius 1 is 1.35 bits per heavy atom. The van der Waals surface area contributed by atoms with Crippen LogP contribution in [-0.4, -0.2) is 15.6 Å². The molecule has 20 heavy (non-hydrogen) atoms. The van der Waals surface area contributed by atoms with E-state index >= 15 is 0 Å². The Balaban J connectivity index is 2.15. The van der Waals surface area contributed by atoms with E-state index in [1.807, 2.05) is 0 Å². The number of ketones is 1. The van der Waals surface area contributed by atoms with Crippen LogP contribution in [0, 0.1) is 12.7 Å². The Morgan fingerprint density at radius 2 is 2.05 bits per heavy atom. The van der Waals surface area contributed by atoms with Gasteiger partial charge in [0.25, 0.3) is 0 Å². The van der Waals surface area contributed by atoms with Crippen LogP contribution in [0.1, 0.15) is 16.8 Å². The summed E-state index contributed by atoms with van der Waals surface area (Å²) in [5.41, 5.74) is 1.68. The lowest BCUT2D eigenvalue weighted by Gasteiger charge is -2.04. The molecule has 0 N–H and O–H groups in total. The Bertz CT molecular complexity index is 667. The van der Waals surface area contributed by atoms with Crippen molar-refractivity contribution < 1.29 is 9.18 Å². The molecule has 0 saturated carbocycles. The second-order valence-corrected chi connectivity index (χ2v) is 5.35. The lowest BCUT2D eigenvalue weighted by atomic mass is 10.0. The zero-order valence-electron chi connectivity index (χ0n) is 11.1. The van der Waals surface area contributed by atoms with E-state index in [1.165, 1.54) is 10.7 Å². The number of nitrogens with zero attached hydrogens (tertiary/aromatic N) is 2. The number of carbonyl (C=O) groups excluding carboxylic acids is 1. The second-order valence-electron chi connectivity index (χ2n) is 4.58. The van der Waals surface area contributed by atoms with Crippen molar-refractivity contribution in [3.63, 3.8) is 0 Å². The van der Waals surface area contributed by atoms with E-state index in [9.17, 15) is 9.18 Å². The first kappa shape index (κ1) is 15.0. The Labute approximate surface area is 126 Å². The maximum Gasteiger partial charge on any atom is 0.145 e. The predicted octanol–water partition coefficient (Wildman–Crippen LogP) is 3.53. The molecule has 0 amide bonds. The number of halogens is 3. The van der Waals surface area contributed by atoms with Gasteiger partial charge < -0.3 is 0 Å². The lowest BCUT2D eigenvalue weighted by Crippen LogP contribution is -2.09. The molecule has 0 spiro atoms. The third kappa shape index (κ3) is 3.02. The zero-order valence-corrected chi connectivity index (χ0v) is 12.6. The van der Waals surface area contributed by atoms with Gasteiger partial charge in [-0.15, -0.1) is 0 Å². The van der Waals surface area contributed by atoms with Gasteiger partial charge in [0.05, 0.1) is 10.7 Å². The van der Waals surface area contributed by atoms with Gasteiger partial charge in [-0.1, -0.05) is 35.3 Å². The minimum atomic E-state index is -0.545. The zero-order chi connectivity index (χ0) is 14.9. The fourth-order valence-corrected chi connectivity index (χ4v) is 2.47. The lowest BCUT2D eigenvalue weighted by molar-refractivity contribution is -0.117. The molecule has 6 heteroatoms. The molecule has 0 radical (unpaired) electrons. The summed E-state index contributed by atoms with van der Waals surface area (Å²) >= 11 is 11.8. The topological polar surface area (TPSA) is 34.9 Å². The summed E-state index contributed by atoms with van der Waals surface area (Å²) in [6, 6.07) is 4.63. The van der Waals surface area contributed by atoms with Gasteiger partial charge in [0.1, 0.15) is 16.8 Å². The van der Waals surface area contributed by atoms with Crippen LogP contribution in [0.15, 0.2) is 18.2 Å². The summed E-state index contributed by atoms with van der Waals surface area (Å²) in [5.74, 6) is -0.680. The Kier molecular flexibility index (Phi) is 4.45. The molecule has 2 aromatic rings. The van der Waals surface area contributed by atoms with Crippen LogP contribution in [0.25, 0.3) is 0 Å². The first-order chi connectivity index (χ1) is 9.40. The van der Waals surface area contributed by atoms with Crippen molar-refractivity contribution in [3.8, 4) is 0 Å². The van der Waals surface area contributed by atoms with Crippen LogP contribution in [-0.2, 0) is 24.7 Å². The smallest absolute Gasteiger partial charge is 0.145 e.